The van der Waals surface area contributed by atoms with E-state index in [4.69, 9.17) is 4.42 Å². The van der Waals surface area contributed by atoms with E-state index in [1.807, 2.05) is 32.0 Å². The van der Waals surface area contributed by atoms with E-state index >= 15 is 0 Å². The number of anilines is 2. The van der Waals surface area contributed by atoms with Gasteiger partial charge in [-0.15, -0.1) is 5.10 Å². The molecule has 0 bridgehead atoms. The Balaban J connectivity index is 1.43. The molecule has 1 amide bonds. The second kappa shape index (κ2) is 9.48. The van der Waals surface area contributed by atoms with Gasteiger partial charge in [-0.25, -0.2) is 8.42 Å². The van der Waals surface area contributed by atoms with Gasteiger partial charge in [0.2, 0.25) is 5.89 Å². The van der Waals surface area contributed by atoms with Crippen LogP contribution in [0.3, 0.4) is 0 Å². The Morgan fingerprint density at radius 3 is 2.35 bits per heavy atom. The number of hydrogen-bond acceptors (Lipinski definition) is 6. The van der Waals surface area contributed by atoms with Crippen LogP contribution in [0.4, 0.5) is 11.7 Å². The standard InChI is InChI=1S/C25H24N4O4S/c1-17-9-10-20(18(2)15-17)16-23-27-28-25(33-23)26-24(30)19-11-13-22(14-12-19)34(31,32)29(3)21-7-5-4-6-8-21/h4-15H,16H2,1-3H3,(H,26,28,30). The molecule has 4 aromatic rings. The minimum atomic E-state index is -3.77. The van der Waals surface area contributed by atoms with Gasteiger partial charge in [0.1, 0.15) is 0 Å². The van der Waals surface area contributed by atoms with Gasteiger partial charge >= 0.3 is 6.01 Å². The third kappa shape index (κ3) is 4.99. The largest absolute Gasteiger partial charge is 0.407 e. The number of aryl methyl sites for hydroxylation is 2. The molecule has 0 aliphatic rings. The summed E-state index contributed by atoms with van der Waals surface area (Å²) in [5.41, 5.74) is 4.15. The molecule has 1 aromatic heterocycles. The molecule has 0 saturated heterocycles. The van der Waals surface area contributed by atoms with Crippen LogP contribution in [0.15, 0.2) is 82.1 Å². The Kier molecular flexibility index (Phi) is 6.47. The summed E-state index contributed by atoms with van der Waals surface area (Å²) in [5.74, 6) is -0.102. The molecule has 0 aliphatic carbocycles. The number of aromatic nitrogens is 2. The molecule has 0 radical (unpaired) electrons. The van der Waals surface area contributed by atoms with Gasteiger partial charge in [0.15, 0.2) is 0 Å². The fourth-order valence-corrected chi connectivity index (χ4v) is 4.66. The van der Waals surface area contributed by atoms with Gasteiger partial charge in [-0.1, -0.05) is 47.1 Å². The average Bonchev–Trinajstić information content (AvgIpc) is 3.27. The lowest BCUT2D eigenvalue weighted by molar-refractivity contribution is 0.102. The maximum Gasteiger partial charge on any atom is 0.322 e. The van der Waals surface area contributed by atoms with Crippen molar-refractivity contribution in [3.8, 4) is 0 Å². The number of para-hydroxylation sites is 1. The quantitative estimate of drug-likeness (QED) is 0.425. The lowest BCUT2D eigenvalue weighted by Crippen LogP contribution is -2.26. The van der Waals surface area contributed by atoms with Crippen LogP contribution >= 0.6 is 0 Å². The molecule has 0 spiro atoms. The molecular formula is C25H24N4O4S. The lowest BCUT2D eigenvalue weighted by Gasteiger charge is -2.19. The number of hydrogen-bond donors (Lipinski definition) is 1. The van der Waals surface area contributed by atoms with Gasteiger partial charge in [-0.3, -0.25) is 14.4 Å². The Morgan fingerprint density at radius 1 is 0.971 bits per heavy atom. The van der Waals surface area contributed by atoms with Crippen LogP contribution in [0.1, 0.15) is 32.9 Å². The number of nitrogens with one attached hydrogen (secondary N) is 1. The fourth-order valence-electron chi connectivity index (χ4n) is 3.47. The number of carbonyl (C=O) groups is 1. The fraction of sp³-hybridized carbons (Fsp3) is 0.160. The summed E-state index contributed by atoms with van der Waals surface area (Å²) in [5, 5.41) is 10.4. The van der Waals surface area contributed by atoms with Crippen LogP contribution in [-0.4, -0.2) is 31.6 Å². The predicted molar refractivity (Wildman–Crippen MR) is 129 cm³/mol. The van der Waals surface area contributed by atoms with E-state index in [1.54, 1.807) is 24.3 Å². The van der Waals surface area contributed by atoms with Crippen LogP contribution in [-0.2, 0) is 16.4 Å². The van der Waals surface area contributed by atoms with Crippen molar-refractivity contribution < 1.29 is 17.6 Å². The van der Waals surface area contributed by atoms with Crippen molar-refractivity contribution in [3.05, 3.63) is 101 Å². The topological polar surface area (TPSA) is 105 Å². The number of amides is 1. The Morgan fingerprint density at radius 2 is 1.68 bits per heavy atom. The van der Waals surface area contributed by atoms with Crippen molar-refractivity contribution in [2.75, 3.05) is 16.7 Å². The van der Waals surface area contributed by atoms with Crippen LogP contribution in [0.25, 0.3) is 0 Å². The third-order valence-electron chi connectivity index (χ3n) is 5.42. The number of benzene rings is 3. The van der Waals surface area contributed by atoms with Crippen LogP contribution in [0.2, 0.25) is 0 Å². The summed E-state index contributed by atoms with van der Waals surface area (Å²) in [6, 6.07) is 20.5. The van der Waals surface area contributed by atoms with E-state index < -0.39 is 15.9 Å². The van der Waals surface area contributed by atoms with Crippen LogP contribution < -0.4 is 9.62 Å². The molecule has 9 heteroatoms. The molecule has 34 heavy (non-hydrogen) atoms. The molecule has 0 aliphatic heterocycles. The molecule has 174 valence electrons. The first-order chi connectivity index (χ1) is 16.2. The van der Waals surface area contributed by atoms with Crippen LogP contribution in [0, 0.1) is 13.8 Å². The van der Waals surface area contributed by atoms with E-state index in [2.05, 4.69) is 21.6 Å². The minimum absolute atomic E-state index is 0.0229. The summed E-state index contributed by atoms with van der Waals surface area (Å²) in [6.45, 7) is 4.05. The molecule has 0 atom stereocenters. The van der Waals surface area contributed by atoms with E-state index in [0.29, 0.717) is 18.0 Å². The molecule has 4 rings (SSSR count). The van der Waals surface area contributed by atoms with Crippen molar-refractivity contribution in [1.29, 1.82) is 0 Å². The third-order valence-corrected chi connectivity index (χ3v) is 7.22. The molecule has 8 nitrogen and oxygen atoms in total. The first kappa shape index (κ1) is 23.2. The van der Waals surface area contributed by atoms with Gasteiger partial charge in [0.05, 0.1) is 17.0 Å². The summed E-state index contributed by atoms with van der Waals surface area (Å²) >= 11 is 0. The Bertz CT molecular complexity index is 1420. The van der Waals surface area contributed by atoms with E-state index in [9.17, 15) is 13.2 Å². The van der Waals surface area contributed by atoms with Crippen molar-refractivity contribution in [2.45, 2.75) is 25.2 Å². The number of rotatable bonds is 7. The molecule has 0 saturated carbocycles. The summed E-state index contributed by atoms with van der Waals surface area (Å²) < 4.78 is 32.5. The highest BCUT2D eigenvalue weighted by Crippen LogP contribution is 2.22. The zero-order chi connectivity index (χ0) is 24.3. The molecule has 1 heterocycles. The SMILES string of the molecule is Cc1ccc(Cc2nnc(NC(=O)c3ccc(S(=O)(=O)N(C)c4ccccc4)cc3)o2)c(C)c1. The van der Waals surface area contributed by atoms with Gasteiger partial charge < -0.3 is 4.42 Å². The molecule has 3 aromatic carbocycles. The zero-order valence-electron chi connectivity index (χ0n) is 19.0. The number of sulfonamides is 1. The zero-order valence-corrected chi connectivity index (χ0v) is 19.8. The lowest BCUT2D eigenvalue weighted by atomic mass is 10.0. The molecule has 0 fully saturated rings. The van der Waals surface area contributed by atoms with E-state index in [0.717, 1.165) is 11.1 Å². The highest BCUT2D eigenvalue weighted by atomic mass is 32.2. The van der Waals surface area contributed by atoms with Crippen molar-refractivity contribution >= 4 is 27.6 Å². The summed E-state index contributed by atoms with van der Waals surface area (Å²) in [4.78, 5) is 12.7. The second-order valence-electron chi connectivity index (χ2n) is 7.89. The van der Waals surface area contributed by atoms with Gasteiger partial charge in [0.25, 0.3) is 15.9 Å². The number of carbonyl (C=O) groups excluding carboxylic acids is 1. The summed E-state index contributed by atoms with van der Waals surface area (Å²) in [7, 11) is -2.28. The molecule has 1 N–H and O–H groups in total. The van der Waals surface area contributed by atoms with Gasteiger partial charge in [-0.2, -0.15) is 0 Å². The number of nitrogens with zero attached hydrogens (tertiary/aromatic N) is 3. The Hall–Kier alpha value is -3.98. The van der Waals surface area contributed by atoms with Crippen molar-refractivity contribution in [3.63, 3.8) is 0 Å². The first-order valence-electron chi connectivity index (χ1n) is 10.6. The molecule has 0 unspecified atom stereocenters. The second-order valence-corrected chi connectivity index (χ2v) is 9.86. The maximum atomic E-state index is 12.9. The maximum absolute atomic E-state index is 12.9. The first-order valence-corrected chi connectivity index (χ1v) is 12.0. The van der Waals surface area contributed by atoms with Gasteiger partial charge in [-0.05, 0) is 61.4 Å². The van der Waals surface area contributed by atoms with Crippen LogP contribution in [0.5, 0.6) is 0 Å². The average molecular weight is 477 g/mol. The van der Waals surface area contributed by atoms with E-state index in [1.165, 1.54) is 41.2 Å². The Labute approximate surface area is 198 Å². The normalized spacial score (nSPS) is 11.3. The molecular weight excluding hydrogens is 452 g/mol. The van der Waals surface area contributed by atoms with Crippen molar-refractivity contribution in [1.82, 2.24) is 10.2 Å². The summed E-state index contributed by atoms with van der Waals surface area (Å²) in [6.07, 6.45) is 0.455. The monoisotopic (exact) mass is 476 g/mol. The predicted octanol–water partition coefficient (Wildman–Crippen LogP) is 4.35. The highest BCUT2D eigenvalue weighted by Gasteiger charge is 2.22. The van der Waals surface area contributed by atoms with Gasteiger partial charge in [0, 0.05) is 12.6 Å². The smallest absolute Gasteiger partial charge is 0.322 e. The highest BCUT2D eigenvalue weighted by molar-refractivity contribution is 7.92. The minimum Gasteiger partial charge on any atom is -0.407 e. The van der Waals surface area contributed by atoms with Crippen molar-refractivity contribution in [2.24, 2.45) is 0 Å². The van der Waals surface area contributed by atoms with E-state index in [-0.39, 0.29) is 16.5 Å².